The zero-order chi connectivity index (χ0) is 11.9. The zero-order valence-electron chi connectivity index (χ0n) is 10.5. The van der Waals surface area contributed by atoms with Gasteiger partial charge in [0.1, 0.15) is 11.6 Å². The Labute approximate surface area is 92.4 Å². The van der Waals surface area contributed by atoms with E-state index in [4.69, 9.17) is 0 Å². The average molecular weight is 210 g/mol. The number of Topliss-reactive ketones (excluding diaryl/α,β-unsaturated/α-hetero) is 2. The van der Waals surface area contributed by atoms with E-state index in [9.17, 15) is 9.59 Å². The topological polar surface area (TPSA) is 34.1 Å². The highest BCUT2D eigenvalue weighted by molar-refractivity contribution is 6.05. The molecule has 0 saturated heterocycles. The second-order valence-corrected chi connectivity index (χ2v) is 6.51. The first-order valence-electron chi connectivity index (χ1n) is 5.70. The maximum atomic E-state index is 12.0. The first-order chi connectivity index (χ1) is 6.63. The number of carbonyl (C=O) groups excluding carboxylic acids is 2. The van der Waals surface area contributed by atoms with Crippen molar-refractivity contribution in [3.05, 3.63) is 0 Å². The average Bonchev–Trinajstić information content (AvgIpc) is 1.99. The van der Waals surface area contributed by atoms with Crippen LogP contribution in [0.2, 0.25) is 0 Å². The van der Waals surface area contributed by atoms with Crippen LogP contribution in [0.1, 0.15) is 53.9 Å². The second-order valence-electron chi connectivity index (χ2n) is 6.51. The van der Waals surface area contributed by atoms with Crippen LogP contribution in [-0.2, 0) is 9.59 Å². The van der Waals surface area contributed by atoms with Crippen molar-refractivity contribution in [2.24, 2.45) is 16.7 Å². The Hall–Kier alpha value is -0.660. The Balaban J connectivity index is 2.76. The molecule has 0 aromatic rings. The van der Waals surface area contributed by atoms with Crippen LogP contribution in [0.4, 0.5) is 0 Å². The minimum atomic E-state index is -0.387. The summed E-state index contributed by atoms with van der Waals surface area (Å²) in [5.74, 6) is -0.0767. The van der Waals surface area contributed by atoms with Gasteiger partial charge in [-0.05, 0) is 18.3 Å². The number of rotatable bonds is 1. The van der Waals surface area contributed by atoms with Crippen LogP contribution in [0.5, 0.6) is 0 Å². The van der Waals surface area contributed by atoms with Crippen molar-refractivity contribution in [1.29, 1.82) is 0 Å². The van der Waals surface area contributed by atoms with Crippen LogP contribution in [-0.4, -0.2) is 11.6 Å². The third kappa shape index (κ3) is 2.90. The number of hydrogen-bond acceptors (Lipinski definition) is 2. The summed E-state index contributed by atoms with van der Waals surface area (Å²) >= 11 is 0. The Morgan fingerprint density at radius 1 is 1.33 bits per heavy atom. The fraction of sp³-hybridized carbons (Fsp3) is 0.846. The van der Waals surface area contributed by atoms with Gasteiger partial charge in [-0.3, -0.25) is 9.59 Å². The van der Waals surface area contributed by atoms with Crippen molar-refractivity contribution in [3.63, 3.8) is 0 Å². The summed E-state index contributed by atoms with van der Waals surface area (Å²) in [6, 6.07) is 0. The van der Waals surface area contributed by atoms with E-state index in [2.05, 4.69) is 13.8 Å². The quantitative estimate of drug-likeness (QED) is 0.623. The van der Waals surface area contributed by atoms with Crippen molar-refractivity contribution in [1.82, 2.24) is 0 Å². The number of carbonyl (C=O) groups is 2. The SMILES string of the molecule is CC1(C)CCC(C(=O)C(C)(C)C)C(=O)C1. The Kier molecular flexibility index (Phi) is 3.09. The summed E-state index contributed by atoms with van der Waals surface area (Å²) < 4.78 is 0. The van der Waals surface area contributed by atoms with Crippen molar-refractivity contribution < 1.29 is 9.59 Å². The van der Waals surface area contributed by atoms with Crippen LogP contribution in [0.25, 0.3) is 0 Å². The van der Waals surface area contributed by atoms with E-state index in [0.717, 1.165) is 12.8 Å². The van der Waals surface area contributed by atoms with Gasteiger partial charge in [0, 0.05) is 11.8 Å². The van der Waals surface area contributed by atoms with Crippen LogP contribution < -0.4 is 0 Å². The van der Waals surface area contributed by atoms with Crippen molar-refractivity contribution in [2.75, 3.05) is 0 Å². The van der Waals surface area contributed by atoms with E-state index in [-0.39, 0.29) is 28.3 Å². The molecule has 1 rings (SSSR count). The zero-order valence-corrected chi connectivity index (χ0v) is 10.5. The van der Waals surface area contributed by atoms with E-state index >= 15 is 0 Å². The first-order valence-corrected chi connectivity index (χ1v) is 5.70. The minimum absolute atomic E-state index is 0.0890. The molecule has 1 unspecified atom stereocenters. The van der Waals surface area contributed by atoms with Gasteiger partial charge in [-0.2, -0.15) is 0 Å². The van der Waals surface area contributed by atoms with E-state index < -0.39 is 0 Å². The summed E-state index contributed by atoms with van der Waals surface area (Å²) in [6.07, 6.45) is 2.27. The Morgan fingerprint density at radius 2 is 1.87 bits per heavy atom. The van der Waals surface area contributed by atoms with Crippen molar-refractivity contribution >= 4 is 11.6 Å². The number of hydrogen-bond donors (Lipinski definition) is 0. The monoisotopic (exact) mass is 210 g/mol. The van der Waals surface area contributed by atoms with E-state index in [1.807, 2.05) is 20.8 Å². The van der Waals surface area contributed by atoms with Gasteiger partial charge in [0.05, 0.1) is 5.92 Å². The fourth-order valence-electron chi connectivity index (χ4n) is 2.18. The molecule has 0 N–H and O–H groups in total. The Morgan fingerprint density at radius 3 is 2.27 bits per heavy atom. The summed E-state index contributed by atoms with van der Waals surface area (Å²) in [5.41, 5.74) is -0.298. The second kappa shape index (κ2) is 3.73. The third-order valence-electron chi connectivity index (χ3n) is 3.21. The van der Waals surface area contributed by atoms with Gasteiger partial charge in [-0.1, -0.05) is 34.6 Å². The minimum Gasteiger partial charge on any atom is -0.299 e. The molecule has 1 atom stereocenters. The van der Waals surface area contributed by atoms with Crippen molar-refractivity contribution in [3.8, 4) is 0 Å². The van der Waals surface area contributed by atoms with E-state index in [1.165, 1.54) is 0 Å². The fourth-order valence-corrected chi connectivity index (χ4v) is 2.18. The first kappa shape index (κ1) is 12.4. The Bertz CT molecular complexity index is 281. The highest BCUT2D eigenvalue weighted by atomic mass is 16.2. The largest absolute Gasteiger partial charge is 0.299 e. The molecule has 1 fully saturated rings. The van der Waals surface area contributed by atoms with E-state index in [1.54, 1.807) is 0 Å². The molecule has 15 heavy (non-hydrogen) atoms. The maximum absolute atomic E-state index is 12.0. The number of ketones is 2. The summed E-state index contributed by atoms with van der Waals surface area (Å²) in [5, 5.41) is 0. The summed E-state index contributed by atoms with van der Waals surface area (Å²) in [4.78, 5) is 23.9. The highest BCUT2D eigenvalue weighted by Gasteiger charge is 2.40. The predicted octanol–water partition coefficient (Wildman–Crippen LogP) is 3.00. The van der Waals surface area contributed by atoms with Gasteiger partial charge in [-0.25, -0.2) is 0 Å². The smallest absolute Gasteiger partial charge is 0.148 e. The lowest BCUT2D eigenvalue weighted by molar-refractivity contribution is -0.141. The predicted molar refractivity (Wildman–Crippen MR) is 60.6 cm³/mol. The van der Waals surface area contributed by atoms with E-state index in [0.29, 0.717) is 6.42 Å². The maximum Gasteiger partial charge on any atom is 0.148 e. The third-order valence-corrected chi connectivity index (χ3v) is 3.21. The molecule has 2 heteroatoms. The van der Waals surface area contributed by atoms with Gasteiger partial charge in [0.25, 0.3) is 0 Å². The molecule has 0 heterocycles. The molecule has 0 aliphatic heterocycles. The molecule has 1 aliphatic rings. The summed E-state index contributed by atoms with van der Waals surface area (Å²) in [7, 11) is 0. The van der Waals surface area contributed by atoms with Gasteiger partial charge in [0.2, 0.25) is 0 Å². The lowest BCUT2D eigenvalue weighted by Gasteiger charge is -2.34. The molecule has 0 aromatic heterocycles. The molecule has 0 amide bonds. The molecular weight excluding hydrogens is 188 g/mol. The van der Waals surface area contributed by atoms with Crippen LogP contribution in [0.3, 0.4) is 0 Å². The molecule has 0 aromatic carbocycles. The molecule has 86 valence electrons. The van der Waals surface area contributed by atoms with Gasteiger partial charge < -0.3 is 0 Å². The molecule has 1 aliphatic carbocycles. The van der Waals surface area contributed by atoms with Gasteiger partial charge in [0.15, 0.2) is 0 Å². The van der Waals surface area contributed by atoms with Crippen LogP contribution in [0.15, 0.2) is 0 Å². The van der Waals surface area contributed by atoms with Gasteiger partial charge in [-0.15, -0.1) is 0 Å². The summed E-state index contributed by atoms with van der Waals surface area (Å²) in [6.45, 7) is 9.87. The lowest BCUT2D eigenvalue weighted by Crippen LogP contribution is -2.39. The van der Waals surface area contributed by atoms with Crippen LogP contribution in [0, 0.1) is 16.7 Å². The molecule has 0 bridgehead atoms. The molecule has 2 nitrogen and oxygen atoms in total. The van der Waals surface area contributed by atoms with Crippen molar-refractivity contribution in [2.45, 2.75) is 53.9 Å². The van der Waals surface area contributed by atoms with Crippen LogP contribution >= 0.6 is 0 Å². The molecular formula is C13H22O2. The van der Waals surface area contributed by atoms with Gasteiger partial charge >= 0.3 is 0 Å². The lowest BCUT2D eigenvalue weighted by atomic mass is 9.68. The standard InChI is InChI=1S/C13H22O2/c1-12(2,3)11(15)9-6-7-13(4,5)8-10(9)14/h9H,6-8H2,1-5H3. The highest BCUT2D eigenvalue weighted by Crippen LogP contribution is 2.38. The molecule has 0 spiro atoms. The molecule has 0 radical (unpaired) electrons. The molecule has 1 saturated carbocycles. The normalized spacial score (nSPS) is 26.5.